The number of benzene rings is 2. The highest BCUT2D eigenvalue weighted by atomic mass is 19.1. The zero-order valence-corrected chi connectivity index (χ0v) is 15.7. The van der Waals surface area contributed by atoms with Crippen LogP contribution in [0.25, 0.3) is 5.69 Å². The van der Waals surface area contributed by atoms with Crippen molar-refractivity contribution in [2.24, 2.45) is 0 Å². The van der Waals surface area contributed by atoms with Gasteiger partial charge >= 0.3 is 0 Å². The second-order valence-electron chi connectivity index (χ2n) is 7.01. The number of rotatable bonds is 7. The largest absolute Gasteiger partial charge is 0.492 e. The Morgan fingerprint density at radius 3 is 2.57 bits per heavy atom. The van der Waals surface area contributed by atoms with E-state index >= 15 is 0 Å². The van der Waals surface area contributed by atoms with Gasteiger partial charge in [-0.15, -0.1) is 0 Å². The SMILES string of the molecule is CN(CCOc1ccc(F)cc1)C(=O)c1cc(C2CC2)nn1-c1ccccc1. The van der Waals surface area contributed by atoms with Gasteiger partial charge in [0.25, 0.3) is 5.91 Å². The van der Waals surface area contributed by atoms with Gasteiger partial charge < -0.3 is 9.64 Å². The maximum atomic E-state index is 13.0. The lowest BCUT2D eigenvalue weighted by Gasteiger charge is -2.18. The van der Waals surface area contributed by atoms with Gasteiger partial charge in [-0.1, -0.05) is 18.2 Å². The normalized spacial score (nSPS) is 13.4. The number of hydrogen-bond donors (Lipinski definition) is 0. The van der Waals surface area contributed by atoms with Gasteiger partial charge in [-0.25, -0.2) is 9.07 Å². The molecule has 2 aromatic carbocycles. The molecule has 1 heterocycles. The number of para-hydroxylation sites is 1. The fourth-order valence-electron chi connectivity index (χ4n) is 3.02. The highest BCUT2D eigenvalue weighted by Crippen LogP contribution is 2.39. The van der Waals surface area contributed by atoms with Crippen molar-refractivity contribution in [1.29, 1.82) is 0 Å². The molecule has 1 saturated carbocycles. The monoisotopic (exact) mass is 379 g/mol. The van der Waals surface area contributed by atoms with Crippen LogP contribution >= 0.6 is 0 Å². The molecule has 0 N–H and O–H groups in total. The lowest BCUT2D eigenvalue weighted by Crippen LogP contribution is -2.32. The van der Waals surface area contributed by atoms with E-state index in [1.165, 1.54) is 12.1 Å². The fourth-order valence-corrected chi connectivity index (χ4v) is 3.02. The summed E-state index contributed by atoms with van der Waals surface area (Å²) < 4.78 is 20.3. The first-order valence-electron chi connectivity index (χ1n) is 9.41. The van der Waals surface area contributed by atoms with Crippen LogP contribution in [0.1, 0.15) is 34.9 Å². The van der Waals surface area contributed by atoms with Crippen molar-refractivity contribution in [2.45, 2.75) is 18.8 Å². The van der Waals surface area contributed by atoms with Gasteiger partial charge in [0, 0.05) is 13.0 Å². The van der Waals surface area contributed by atoms with Crippen LogP contribution in [-0.4, -0.2) is 40.8 Å². The van der Waals surface area contributed by atoms with E-state index < -0.39 is 0 Å². The topological polar surface area (TPSA) is 47.4 Å². The third-order valence-electron chi connectivity index (χ3n) is 4.80. The first-order valence-corrected chi connectivity index (χ1v) is 9.41. The molecule has 0 aliphatic heterocycles. The number of amides is 1. The Balaban J connectivity index is 1.46. The van der Waals surface area contributed by atoms with Crippen molar-refractivity contribution in [2.75, 3.05) is 20.2 Å². The van der Waals surface area contributed by atoms with Crippen molar-refractivity contribution in [1.82, 2.24) is 14.7 Å². The van der Waals surface area contributed by atoms with Crippen LogP contribution < -0.4 is 4.74 Å². The molecule has 0 atom stereocenters. The average Bonchev–Trinajstić information content (AvgIpc) is 3.48. The number of carbonyl (C=O) groups is 1. The van der Waals surface area contributed by atoms with Crippen molar-refractivity contribution in [3.63, 3.8) is 0 Å². The van der Waals surface area contributed by atoms with E-state index in [-0.39, 0.29) is 11.7 Å². The minimum Gasteiger partial charge on any atom is -0.492 e. The van der Waals surface area contributed by atoms with Gasteiger partial charge in [-0.3, -0.25) is 4.79 Å². The standard InChI is InChI=1S/C22H22FN3O2/c1-25(13-14-28-19-11-9-17(23)10-12-19)22(27)21-15-20(16-7-8-16)24-26(21)18-5-3-2-4-6-18/h2-6,9-12,15-16H,7-8,13-14H2,1H3. The third-order valence-corrected chi connectivity index (χ3v) is 4.80. The minimum absolute atomic E-state index is 0.106. The second kappa shape index (κ2) is 7.84. The smallest absolute Gasteiger partial charge is 0.272 e. The van der Waals surface area contributed by atoms with E-state index in [1.54, 1.807) is 28.8 Å². The van der Waals surface area contributed by atoms with Crippen LogP contribution in [0, 0.1) is 5.82 Å². The molecular formula is C22H22FN3O2. The molecule has 3 aromatic rings. The highest BCUT2D eigenvalue weighted by Gasteiger charge is 2.29. The molecule has 5 nitrogen and oxygen atoms in total. The van der Waals surface area contributed by atoms with E-state index in [0.717, 1.165) is 24.2 Å². The summed E-state index contributed by atoms with van der Waals surface area (Å²) in [6, 6.07) is 17.4. The van der Waals surface area contributed by atoms with Crippen LogP contribution in [0.2, 0.25) is 0 Å². The maximum absolute atomic E-state index is 13.0. The molecule has 0 saturated heterocycles. The summed E-state index contributed by atoms with van der Waals surface area (Å²) in [5.41, 5.74) is 2.40. The van der Waals surface area contributed by atoms with E-state index in [2.05, 4.69) is 5.10 Å². The average molecular weight is 379 g/mol. The lowest BCUT2D eigenvalue weighted by molar-refractivity contribution is 0.0765. The maximum Gasteiger partial charge on any atom is 0.272 e. The summed E-state index contributed by atoms with van der Waals surface area (Å²) in [6.07, 6.45) is 2.25. The second-order valence-corrected chi connectivity index (χ2v) is 7.01. The van der Waals surface area contributed by atoms with Gasteiger partial charge in [-0.05, 0) is 55.3 Å². The van der Waals surface area contributed by atoms with Gasteiger partial charge in [0.05, 0.1) is 17.9 Å². The summed E-state index contributed by atoms with van der Waals surface area (Å²) in [4.78, 5) is 14.7. The Labute approximate surface area is 163 Å². The Morgan fingerprint density at radius 1 is 1.18 bits per heavy atom. The first kappa shape index (κ1) is 18.2. The minimum atomic E-state index is -0.305. The Morgan fingerprint density at radius 2 is 1.89 bits per heavy atom. The quantitative estimate of drug-likeness (QED) is 0.622. The van der Waals surface area contributed by atoms with Crippen molar-refractivity contribution in [3.05, 3.63) is 77.9 Å². The van der Waals surface area contributed by atoms with Crippen molar-refractivity contribution in [3.8, 4) is 11.4 Å². The van der Waals surface area contributed by atoms with Gasteiger partial charge in [0.1, 0.15) is 23.9 Å². The molecule has 1 aliphatic rings. The van der Waals surface area contributed by atoms with Crippen LogP contribution in [0.15, 0.2) is 60.7 Å². The Kier molecular flexibility index (Phi) is 5.10. The summed E-state index contributed by atoms with van der Waals surface area (Å²) in [5.74, 6) is 0.627. The summed E-state index contributed by atoms with van der Waals surface area (Å²) in [6.45, 7) is 0.734. The molecule has 0 radical (unpaired) electrons. The van der Waals surface area contributed by atoms with E-state index in [1.807, 2.05) is 36.4 Å². The number of aromatic nitrogens is 2. The number of halogens is 1. The van der Waals surface area contributed by atoms with E-state index in [9.17, 15) is 9.18 Å². The molecule has 144 valence electrons. The van der Waals surface area contributed by atoms with Crippen LogP contribution in [-0.2, 0) is 0 Å². The highest BCUT2D eigenvalue weighted by molar-refractivity contribution is 5.93. The van der Waals surface area contributed by atoms with E-state index in [4.69, 9.17) is 4.74 Å². The Bertz CT molecular complexity index is 950. The zero-order valence-electron chi connectivity index (χ0n) is 15.7. The molecule has 1 aromatic heterocycles. The molecule has 0 unspecified atom stereocenters. The number of hydrogen-bond acceptors (Lipinski definition) is 3. The van der Waals surface area contributed by atoms with Crippen LogP contribution in [0.4, 0.5) is 4.39 Å². The molecule has 0 bridgehead atoms. The molecule has 28 heavy (non-hydrogen) atoms. The molecule has 0 spiro atoms. The van der Waals surface area contributed by atoms with Gasteiger partial charge in [0.2, 0.25) is 0 Å². The molecule has 1 fully saturated rings. The number of likely N-dealkylation sites (N-methyl/N-ethyl adjacent to an activating group) is 1. The molecule has 6 heteroatoms. The number of ether oxygens (including phenoxy) is 1. The van der Waals surface area contributed by atoms with Gasteiger partial charge in [0.15, 0.2) is 0 Å². The molecule has 4 rings (SSSR count). The summed E-state index contributed by atoms with van der Waals surface area (Å²) >= 11 is 0. The van der Waals surface area contributed by atoms with Gasteiger partial charge in [-0.2, -0.15) is 5.10 Å². The first-order chi connectivity index (χ1) is 13.6. The van der Waals surface area contributed by atoms with Crippen LogP contribution in [0.3, 0.4) is 0 Å². The number of nitrogens with zero attached hydrogens (tertiary/aromatic N) is 3. The Hall–Kier alpha value is -3.15. The van der Waals surface area contributed by atoms with Crippen molar-refractivity contribution < 1.29 is 13.9 Å². The predicted molar refractivity (Wildman–Crippen MR) is 104 cm³/mol. The molecule has 1 amide bonds. The molecule has 1 aliphatic carbocycles. The fraction of sp³-hybridized carbons (Fsp3) is 0.273. The predicted octanol–water partition coefficient (Wildman–Crippen LogP) is 4.04. The summed E-state index contributed by atoms with van der Waals surface area (Å²) in [5, 5.41) is 4.68. The number of carbonyl (C=O) groups excluding carboxylic acids is 1. The molecular weight excluding hydrogens is 357 g/mol. The summed E-state index contributed by atoms with van der Waals surface area (Å²) in [7, 11) is 1.75. The van der Waals surface area contributed by atoms with Crippen molar-refractivity contribution >= 4 is 5.91 Å². The van der Waals surface area contributed by atoms with E-state index in [0.29, 0.717) is 30.5 Å². The lowest BCUT2D eigenvalue weighted by atomic mass is 10.2. The third kappa shape index (κ3) is 4.06. The van der Waals surface area contributed by atoms with Crippen LogP contribution in [0.5, 0.6) is 5.75 Å². The zero-order chi connectivity index (χ0) is 19.5.